The number of carbonyl (C=O) groups excluding carboxylic acids is 1. The fourth-order valence-corrected chi connectivity index (χ4v) is 3.70. The van der Waals surface area contributed by atoms with Crippen molar-refractivity contribution in [1.29, 1.82) is 5.26 Å². The van der Waals surface area contributed by atoms with Crippen molar-refractivity contribution in [2.45, 2.75) is 4.90 Å². The van der Waals surface area contributed by atoms with Gasteiger partial charge in [0.1, 0.15) is 5.75 Å². The van der Waals surface area contributed by atoms with E-state index in [2.05, 4.69) is 21.2 Å². The zero-order chi connectivity index (χ0) is 19.1. The van der Waals surface area contributed by atoms with Gasteiger partial charge >= 0.3 is 0 Å². The van der Waals surface area contributed by atoms with Crippen molar-refractivity contribution in [1.82, 2.24) is 4.90 Å². The number of anilines is 2. The molecule has 140 valence electrons. The number of aromatic hydroxyl groups is 1. The number of nitriles is 1. The van der Waals surface area contributed by atoms with E-state index in [0.29, 0.717) is 12.3 Å². The molecular weight excluding hydrogens is 360 g/mol. The number of thioether (sulfide) groups is 1. The van der Waals surface area contributed by atoms with Crippen LogP contribution in [0.4, 0.5) is 11.4 Å². The summed E-state index contributed by atoms with van der Waals surface area (Å²) < 4.78 is 0. The summed E-state index contributed by atoms with van der Waals surface area (Å²) in [6.45, 7) is 3.64. The van der Waals surface area contributed by atoms with Crippen molar-refractivity contribution in [2.75, 3.05) is 48.7 Å². The number of carbonyl (C=O) groups is 1. The van der Waals surface area contributed by atoms with Crippen LogP contribution >= 0.6 is 11.8 Å². The van der Waals surface area contributed by atoms with Crippen LogP contribution in [0.3, 0.4) is 0 Å². The average molecular weight is 382 g/mol. The summed E-state index contributed by atoms with van der Waals surface area (Å²) in [5, 5.41) is 21.1. The third kappa shape index (κ3) is 5.39. The molecule has 0 radical (unpaired) electrons. The highest BCUT2D eigenvalue weighted by atomic mass is 32.2. The first kappa shape index (κ1) is 19.1. The molecule has 1 aliphatic heterocycles. The zero-order valence-corrected chi connectivity index (χ0v) is 15.8. The Balaban J connectivity index is 1.50. The first-order chi connectivity index (χ1) is 13.2. The molecule has 2 aromatic carbocycles. The van der Waals surface area contributed by atoms with Gasteiger partial charge < -0.3 is 15.3 Å². The number of phenolic OH excluding ortho intramolecular Hbond substituents is 1. The molecule has 1 saturated heterocycles. The van der Waals surface area contributed by atoms with Gasteiger partial charge in [0, 0.05) is 36.8 Å². The van der Waals surface area contributed by atoms with Crippen LogP contribution in [-0.4, -0.2) is 54.4 Å². The molecule has 3 rings (SSSR count). The molecule has 1 aliphatic rings. The molecule has 0 aliphatic carbocycles. The van der Waals surface area contributed by atoms with Gasteiger partial charge in [-0.2, -0.15) is 5.26 Å². The molecule has 0 saturated carbocycles. The minimum absolute atomic E-state index is 0.0434. The van der Waals surface area contributed by atoms with E-state index in [0.717, 1.165) is 42.4 Å². The molecule has 1 amide bonds. The number of phenols is 1. The summed E-state index contributed by atoms with van der Waals surface area (Å²) in [6, 6.07) is 16.9. The highest BCUT2D eigenvalue weighted by Crippen LogP contribution is 2.26. The van der Waals surface area contributed by atoms with Crippen LogP contribution in [0.1, 0.15) is 0 Å². The summed E-state index contributed by atoms with van der Waals surface area (Å²) in [5.41, 5.74) is 1.84. The number of hydrogen-bond donors (Lipinski definition) is 2. The lowest BCUT2D eigenvalue weighted by molar-refractivity contribution is -0.117. The fraction of sp³-hybridized carbons (Fsp3) is 0.300. The van der Waals surface area contributed by atoms with Crippen LogP contribution < -0.4 is 10.2 Å². The number of benzene rings is 2. The third-order valence-electron chi connectivity index (χ3n) is 4.41. The summed E-state index contributed by atoms with van der Waals surface area (Å²) in [7, 11) is 0. The van der Waals surface area contributed by atoms with Gasteiger partial charge in [0.05, 0.1) is 24.1 Å². The lowest BCUT2D eigenvalue weighted by Gasteiger charge is -2.35. The molecule has 0 unspecified atom stereocenters. The average Bonchev–Trinajstić information content (AvgIpc) is 2.68. The number of nitrogens with one attached hydrogen (secondary N) is 1. The predicted octanol–water partition coefficient (Wildman–Crippen LogP) is 2.77. The second-order valence-corrected chi connectivity index (χ2v) is 7.29. The first-order valence-electron chi connectivity index (χ1n) is 8.80. The van der Waals surface area contributed by atoms with E-state index in [1.54, 1.807) is 12.1 Å². The van der Waals surface area contributed by atoms with Crippen LogP contribution in [0.25, 0.3) is 0 Å². The second-order valence-electron chi connectivity index (χ2n) is 6.27. The Labute approximate surface area is 163 Å². The van der Waals surface area contributed by atoms with Crippen molar-refractivity contribution in [2.24, 2.45) is 0 Å². The molecule has 6 nitrogen and oxygen atoms in total. The Bertz CT molecular complexity index is 811. The Hall–Kier alpha value is -2.69. The number of amides is 1. The lowest BCUT2D eigenvalue weighted by atomic mass is 10.2. The van der Waals surface area contributed by atoms with E-state index in [1.165, 1.54) is 11.8 Å². The largest absolute Gasteiger partial charge is 0.508 e. The van der Waals surface area contributed by atoms with Gasteiger partial charge in [-0.1, -0.05) is 12.1 Å². The van der Waals surface area contributed by atoms with E-state index in [-0.39, 0.29) is 11.7 Å². The van der Waals surface area contributed by atoms with Crippen LogP contribution in [0.15, 0.2) is 53.4 Å². The molecule has 0 aromatic heterocycles. The van der Waals surface area contributed by atoms with Crippen LogP contribution in [0, 0.1) is 11.3 Å². The van der Waals surface area contributed by atoms with Crippen LogP contribution in [-0.2, 0) is 4.79 Å². The quantitative estimate of drug-likeness (QED) is 0.748. The van der Waals surface area contributed by atoms with Gasteiger partial charge in [0.25, 0.3) is 0 Å². The van der Waals surface area contributed by atoms with Crippen molar-refractivity contribution < 1.29 is 9.90 Å². The smallest absolute Gasteiger partial charge is 0.238 e. The number of para-hydroxylation sites is 1. The van der Waals surface area contributed by atoms with Gasteiger partial charge in [0.15, 0.2) is 0 Å². The van der Waals surface area contributed by atoms with Crippen molar-refractivity contribution >= 4 is 29.0 Å². The molecule has 27 heavy (non-hydrogen) atoms. The zero-order valence-electron chi connectivity index (χ0n) is 15.0. The van der Waals surface area contributed by atoms with E-state index in [9.17, 15) is 9.90 Å². The van der Waals surface area contributed by atoms with Gasteiger partial charge in [-0.3, -0.25) is 9.69 Å². The minimum atomic E-state index is -0.0434. The van der Waals surface area contributed by atoms with E-state index >= 15 is 0 Å². The molecule has 7 heteroatoms. The Kier molecular flexibility index (Phi) is 6.58. The molecule has 0 bridgehead atoms. The molecule has 0 spiro atoms. The van der Waals surface area contributed by atoms with Gasteiger partial charge in [0.2, 0.25) is 5.91 Å². The summed E-state index contributed by atoms with van der Waals surface area (Å²) in [5.74, 6) is 0.576. The number of nitrogens with zero attached hydrogens (tertiary/aromatic N) is 3. The monoisotopic (exact) mass is 382 g/mol. The van der Waals surface area contributed by atoms with Gasteiger partial charge in [-0.25, -0.2) is 0 Å². The highest BCUT2D eigenvalue weighted by Gasteiger charge is 2.19. The molecular formula is C20H22N4O2S. The standard InChI is InChI=1S/C20H22N4O2S/c21-9-14-27-19-4-2-1-3-18(19)22-20(26)15-23-10-12-24(13-11-23)16-5-7-17(25)8-6-16/h1-8,25H,10-15H2,(H,22,26). The summed E-state index contributed by atoms with van der Waals surface area (Å²) >= 11 is 1.42. The molecule has 2 N–H and O–H groups in total. The Morgan fingerprint density at radius 2 is 1.81 bits per heavy atom. The molecule has 0 atom stereocenters. The lowest BCUT2D eigenvalue weighted by Crippen LogP contribution is -2.48. The Morgan fingerprint density at radius 3 is 2.52 bits per heavy atom. The number of hydrogen-bond acceptors (Lipinski definition) is 6. The highest BCUT2D eigenvalue weighted by molar-refractivity contribution is 7.99. The van der Waals surface area contributed by atoms with E-state index < -0.39 is 0 Å². The van der Waals surface area contributed by atoms with E-state index in [1.807, 2.05) is 36.4 Å². The number of piperazine rings is 1. The van der Waals surface area contributed by atoms with Gasteiger partial charge in [-0.05, 0) is 36.4 Å². The third-order valence-corrected chi connectivity index (χ3v) is 5.35. The summed E-state index contributed by atoms with van der Waals surface area (Å²) in [4.78, 5) is 17.7. The maximum absolute atomic E-state index is 12.4. The SMILES string of the molecule is N#CCSc1ccccc1NC(=O)CN1CCN(c2ccc(O)cc2)CC1. The van der Waals surface area contributed by atoms with Crippen LogP contribution in [0.5, 0.6) is 5.75 Å². The second kappa shape index (κ2) is 9.31. The molecule has 2 aromatic rings. The normalized spacial score (nSPS) is 14.6. The fourth-order valence-electron chi connectivity index (χ4n) is 3.03. The first-order valence-corrected chi connectivity index (χ1v) is 9.79. The topological polar surface area (TPSA) is 79.6 Å². The number of rotatable bonds is 6. The van der Waals surface area contributed by atoms with Gasteiger partial charge in [-0.15, -0.1) is 11.8 Å². The van der Waals surface area contributed by atoms with Crippen molar-refractivity contribution in [3.63, 3.8) is 0 Å². The Morgan fingerprint density at radius 1 is 1.11 bits per heavy atom. The van der Waals surface area contributed by atoms with E-state index in [4.69, 9.17) is 5.26 Å². The molecule has 1 heterocycles. The summed E-state index contributed by atoms with van der Waals surface area (Å²) in [6.07, 6.45) is 0. The van der Waals surface area contributed by atoms with Crippen molar-refractivity contribution in [3.05, 3.63) is 48.5 Å². The van der Waals surface area contributed by atoms with Crippen molar-refractivity contribution in [3.8, 4) is 11.8 Å². The maximum Gasteiger partial charge on any atom is 0.238 e. The maximum atomic E-state index is 12.4. The predicted molar refractivity (Wildman–Crippen MR) is 108 cm³/mol. The van der Waals surface area contributed by atoms with Crippen LogP contribution in [0.2, 0.25) is 0 Å². The minimum Gasteiger partial charge on any atom is -0.508 e. The molecule has 1 fully saturated rings.